The lowest BCUT2D eigenvalue weighted by Crippen LogP contribution is -2.48. The Balaban J connectivity index is 1.14. The first-order valence-electron chi connectivity index (χ1n) is 11.0. The molecule has 0 atom stereocenters. The van der Waals surface area contributed by atoms with Crippen LogP contribution in [0.1, 0.15) is 21.8 Å². The van der Waals surface area contributed by atoms with Gasteiger partial charge in [-0.05, 0) is 29.1 Å². The minimum Gasteiger partial charge on any atom is -0.379 e. The summed E-state index contributed by atoms with van der Waals surface area (Å²) in [6, 6.07) is 12.0. The van der Waals surface area contributed by atoms with E-state index < -0.39 is 0 Å². The standard InChI is InChI=1S/C23H27N5O3S/c29-23(19-4-1-3-18(15-19)16-27-10-12-30-13-11-27)28-8-6-26(7-9-28)17-21-24-22(25-31-21)20-5-2-14-32-20/h1-5,14-15H,6-13,16-17H2. The Bertz CT molecular complexity index is 1020. The first kappa shape index (κ1) is 21.3. The van der Waals surface area contributed by atoms with Crippen molar-refractivity contribution in [3.63, 3.8) is 0 Å². The molecule has 168 valence electrons. The number of carbonyl (C=O) groups excluding carboxylic acids is 1. The number of benzene rings is 1. The number of morpholine rings is 1. The van der Waals surface area contributed by atoms with E-state index in [1.54, 1.807) is 11.3 Å². The second kappa shape index (κ2) is 9.91. The van der Waals surface area contributed by atoms with Crippen LogP contribution in [0, 0.1) is 0 Å². The molecule has 2 aliphatic heterocycles. The highest BCUT2D eigenvalue weighted by Gasteiger charge is 2.24. The Kier molecular flexibility index (Phi) is 6.59. The second-order valence-electron chi connectivity index (χ2n) is 8.15. The van der Waals surface area contributed by atoms with Gasteiger partial charge in [-0.15, -0.1) is 11.3 Å². The highest BCUT2D eigenvalue weighted by atomic mass is 32.1. The first-order valence-corrected chi connectivity index (χ1v) is 11.9. The molecule has 2 aliphatic rings. The maximum Gasteiger partial charge on any atom is 0.253 e. The predicted octanol–water partition coefficient (Wildman–Crippen LogP) is 2.59. The van der Waals surface area contributed by atoms with Gasteiger partial charge in [0.15, 0.2) is 0 Å². The zero-order chi connectivity index (χ0) is 21.8. The molecule has 0 bridgehead atoms. The molecule has 9 heteroatoms. The summed E-state index contributed by atoms with van der Waals surface area (Å²) in [5.41, 5.74) is 1.94. The van der Waals surface area contributed by atoms with Gasteiger partial charge < -0.3 is 14.2 Å². The topological polar surface area (TPSA) is 74.9 Å². The van der Waals surface area contributed by atoms with Gasteiger partial charge in [-0.1, -0.05) is 23.4 Å². The normalized spacial score (nSPS) is 18.2. The third-order valence-electron chi connectivity index (χ3n) is 5.91. The number of amides is 1. The molecule has 0 spiro atoms. The quantitative estimate of drug-likeness (QED) is 0.568. The van der Waals surface area contributed by atoms with Gasteiger partial charge in [0.25, 0.3) is 5.91 Å². The molecule has 8 nitrogen and oxygen atoms in total. The van der Waals surface area contributed by atoms with E-state index >= 15 is 0 Å². The Labute approximate surface area is 191 Å². The molecule has 0 radical (unpaired) electrons. The van der Waals surface area contributed by atoms with Crippen molar-refractivity contribution in [1.82, 2.24) is 24.8 Å². The van der Waals surface area contributed by atoms with Crippen LogP contribution in [0.3, 0.4) is 0 Å². The number of aromatic nitrogens is 2. The van der Waals surface area contributed by atoms with E-state index in [0.717, 1.165) is 56.4 Å². The smallest absolute Gasteiger partial charge is 0.253 e. The molecule has 0 saturated carbocycles. The van der Waals surface area contributed by atoms with Gasteiger partial charge in [0.2, 0.25) is 11.7 Å². The Morgan fingerprint density at radius 2 is 1.78 bits per heavy atom. The molecule has 2 fully saturated rings. The summed E-state index contributed by atoms with van der Waals surface area (Å²) in [6.45, 7) is 7.86. The fourth-order valence-electron chi connectivity index (χ4n) is 4.13. The fraction of sp³-hybridized carbons (Fsp3) is 0.435. The van der Waals surface area contributed by atoms with Gasteiger partial charge in [-0.3, -0.25) is 14.6 Å². The summed E-state index contributed by atoms with van der Waals surface area (Å²) in [5, 5.41) is 6.08. The second-order valence-corrected chi connectivity index (χ2v) is 9.09. The average molecular weight is 454 g/mol. The largest absolute Gasteiger partial charge is 0.379 e. The van der Waals surface area contributed by atoms with Crippen LogP contribution in [-0.4, -0.2) is 83.2 Å². The number of hydrogen-bond acceptors (Lipinski definition) is 8. The number of rotatable bonds is 6. The number of nitrogens with zero attached hydrogens (tertiary/aromatic N) is 5. The van der Waals surface area contributed by atoms with Crippen molar-refractivity contribution in [2.45, 2.75) is 13.1 Å². The number of thiophene rings is 1. The van der Waals surface area contributed by atoms with Crippen LogP contribution < -0.4 is 0 Å². The van der Waals surface area contributed by atoms with Crippen LogP contribution in [0.15, 0.2) is 46.3 Å². The number of ether oxygens (including phenoxy) is 1. The minimum atomic E-state index is 0.103. The lowest BCUT2D eigenvalue weighted by Gasteiger charge is -2.34. The monoisotopic (exact) mass is 453 g/mol. The zero-order valence-electron chi connectivity index (χ0n) is 18.0. The van der Waals surface area contributed by atoms with E-state index in [0.29, 0.717) is 31.3 Å². The van der Waals surface area contributed by atoms with Gasteiger partial charge in [0.1, 0.15) is 0 Å². The Morgan fingerprint density at radius 3 is 2.56 bits per heavy atom. The van der Waals surface area contributed by atoms with Crippen LogP contribution in [0.5, 0.6) is 0 Å². The van der Waals surface area contributed by atoms with Crippen LogP contribution in [0.2, 0.25) is 0 Å². The highest BCUT2D eigenvalue weighted by molar-refractivity contribution is 7.13. The molecule has 5 rings (SSSR count). The van der Waals surface area contributed by atoms with Crippen molar-refractivity contribution >= 4 is 17.2 Å². The van der Waals surface area contributed by atoms with Gasteiger partial charge >= 0.3 is 0 Å². The Morgan fingerprint density at radius 1 is 0.969 bits per heavy atom. The van der Waals surface area contributed by atoms with Crippen molar-refractivity contribution in [2.75, 3.05) is 52.5 Å². The molecule has 0 aliphatic carbocycles. The van der Waals surface area contributed by atoms with Crippen LogP contribution in [0.25, 0.3) is 10.7 Å². The van der Waals surface area contributed by atoms with Crippen molar-refractivity contribution in [3.8, 4) is 10.7 Å². The van der Waals surface area contributed by atoms with Crippen molar-refractivity contribution in [1.29, 1.82) is 0 Å². The van der Waals surface area contributed by atoms with Gasteiger partial charge in [-0.2, -0.15) is 4.98 Å². The average Bonchev–Trinajstić information content (AvgIpc) is 3.52. The molecule has 0 N–H and O–H groups in total. The van der Waals surface area contributed by atoms with Gasteiger partial charge in [0.05, 0.1) is 24.6 Å². The molecular weight excluding hydrogens is 426 g/mol. The summed E-state index contributed by atoms with van der Waals surface area (Å²) < 4.78 is 10.8. The highest BCUT2D eigenvalue weighted by Crippen LogP contribution is 2.22. The molecular formula is C23H27N5O3S. The van der Waals surface area contributed by atoms with E-state index in [1.165, 1.54) is 5.56 Å². The molecule has 3 aromatic rings. The third-order valence-corrected chi connectivity index (χ3v) is 6.78. The summed E-state index contributed by atoms with van der Waals surface area (Å²) in [6.07, 6.45) is 0. The SMILES string of the molecule is O=C(c1cccc(CN2CCOCC2)c1)N1CCN(Cc2nc(-c3cccs3)no2)CC1. The fourth-order valence-corrected chi connectivity index (χ4v) is 4.78. The summed E-state index contributed by atoms with van der Waals surface area (Å²) in [5.74, 6) is 1.36. The van der Waals surface area contributed by atoms with Gasteiger partial charge in [0, 0.05) is 51.4 Å². The summed E-state index contributed by atoms with van der Waals surface area (Å²) in [4.78, 5) is 25.2. The van der Waals surface area contributed by atoms with Crippen molar-refractivity contribution in [3.05, 3.63) is 58.8 Å². The number of hydrogen-bond donors (Lipinski definition) is 0. The third kappa shape index (κ3) is 5.07. The molecule has 4 heterocycles. The first-order chi connectivity index (χ1) is 15.7. The van der Waals surface area contributed by atoms with Gasteiger partial charge in [-0.25, -0.2) is 0 Å². The molecule has 2 saturated heterocycles. The van der Waals surface area contributed by atoms with Crippen molar-refractivity contribution < 1.29 is 14.1 Å². The van der Waals surface area contributed by atoms with Crippen LogP contribution in [0.4, 0.5) is 0 Å². The predicted molar refractivity (Wildman–Crippen MR) is 121 cm³/mol. The van der Waals surface area contributed by atoms with E-state index in [4.69, 9.17) is 9.26 Å². The van der Waals surface area contributed by atoms with E-state index in [-0.39, 0.29) is 5.91 Å². The maximum atomic E-state index is 13.1. The van der Waals surface area contributed by atoms with Crippen LogP contribution >= 0.6 is 11.3 Å². The molecule has 32 heavy (non-hydrogen) atoms. The lowest BCUT2D eigenvalue weighted by molar-refractivity contribution is 0.0341. The molecule has 0 unspecified atom stereocenters. The molecule has 2 aromatic heterocycles. The number of carbonyl (C=O) groups is 1. The minimum absolute atomic E-state index is 0.103. The van der Waals surface area contributed by atoms with Crippen molar-refractivity contribution in [2.24, 2.45) is 0 Å². The van der Waals surface area contributed by atoms with E-state index in [2.05, 4.69) is 26.0 Å². The number of piperazine rings is 1. The van der Waals surface area contributed by atoms with Crippen LogP contribution in [-0.2, 0) is 17.8 Å². The maximum absolute atomic E-state index is 13.1. The molecule has 1 amide bonds. The Hall–Kier alpha value is -2.59. The molecule has 1 aromatic carbocycles. The summed E-state index contributed by atoms with van der Waals surface area (Å²) in [7, 11) is 0. The lowest BCUT2D eigenvalue weighted by atomic mass is 10.1. The zero-order valence-corrected chi connectivity index (χ0v) is 18.8. The summed E-state index contributed by atoms with van der Waals surface area (Å²) >= 11 is 1.60. The van der Waals surface area contributed by atoms with E-state index in [1.807, 2.05) is 40.6 Å². The van der Waals surface area contributed by atoms with E-state index in [9.17, 15) is 4.79 Å².